The Kier molecular flexibility index (Phi) is 50.4. The van der Waals surface area contributed by atoms with Gasteiger partial charge in [-0.15, -0.1) is 0 Å². The maximum atomic E-state index is 12.3. The van der Waals surface area contributed by atoms with Gasteiger partial charge in [0, 0.05) is 250 Å². The van der Waals surface area contributed by atoms with Crippen LogP contribution in [0.1, 0.15) is 318 Å². The predicted octanol–water partition coefficient (Wildman–Crippen LogP) is 13.9. The van der Waals surface area contributed by atoms with Crippen LogP contribution in [-0.2, 0) is 63.4 Å². The molecule has 0 aromatic rings. The van der Waals surface area contributed by atoms with Gasteiger partial charge in [0.05, 0.1) is 56.0 Å². The largest absolute Gasteiger partial charge is 0.380 e. The zero-order chi connectivity index (χ0) is 103. The molecule has 0 aromatic carbocycles. The smallest absolute Gasteiger partial charge is 0.239 e. The van der Waals surface area contributed by atoms with Gasteiger partial charge < -0.3 is 64.0 Å². The standard InChI is InChI=1S/C19H35N3O2.C18H33N3O2.C17H29N3O.C16H30N2O2.C15H28N2O2S.C15H28N2O2.C10H21NO/c1-19(2,3)13-17(23)21-11-8-15(9-12-21)14-22-10-6-7-16(22)18(24)20(4)5;1-18(2,3)12-16(22)20-10-7-14(8-11-20)13-21-9-5-6-15(21)17(23)19-4;1-16(2,3)11-15(21)20-9-5-14(6-10-20)19(4)13-17(12-18)7-8-17;1-16(2,3)13-15(19)18-8-5-14(6-9-18)17-7-4-11-20-12-10-17;1-15(2,3)12-14(18)17-6-4-13(5-7-17)16-8-10-20(19)11-9-16;1-15(2,3)9-14(18)17-7-5-12(6-8-17)16(4)13-10-19-11-13;1-9(2)5-6-11-10-4-3-7-12-8-10/h15-16H,6-14H2,1-5H3;14-15H,5-13H2,1-4H3,(H,19,23);14H,5-11,13H2,1-4H3;14H,4-13H2,1-3H3;13H,4-12H2,1-3H3;12-13H,5-11H2,1-4H3;9-11H,3-8H2,1-2H3/t16-;15-;;;;;10-/m00....1/s1. The number of rotatable bonds is 23. The summed E-state index contributed by atoms with van der Waals surface area (Å²) in [5, 5.41) is 15.5. The van der Waals surface area contributed by atoms with Crippen molar-refractivity contribution in [1.82, 2.24) is 74.3 Å². The first-order chi connectivity index (χ1) is 65.2. The fraction of sp³-hybridized carbons (Fsp3) is 0.918. The SMILES string of the molecule is CC(C)(C)CC(=O)N1CCC(N2CCCOCC2)CC1.CC(C)(C)CC(=O)N1CCC(N2CCS(=O)CC2)CC1.CC(C)CCN[C@@H]1CCCOC1.CN(C)C(=O)[C@@H]1CCCN1CC1CCN(C(=O)CC(C)(C)C)CC1.CN(C1CCN(C(=O)CC(C)(C)C)CC1)C1COC1.CN(CC1(C#N)CC1)C1CCN(C(=O)CC(C)(C)C)CC1.CNC(=O)[C@@H]1CCCN1CC1CCN(C(=O)CC(C)(C)C)CC1. The van der Waals surface area contributed by atoms with Crippen LogP contribution in [0.5, 0.6) is 0 Å². The number of nitriles is 1. The summed E-state index contributed by atoms with van der Waals surface area (Å²) in [5.74, 6) is 5.89. The molecule has 802 valence electrons. The van der Waals surface area contributed by atoms with Crippen molar-refractivity contribution in [3.05, 3.63) is 0 Å². The van der Waals surface area contributed by atoms with E-state index in [1.165, 1.54) is 19.3 Å². The molecule has 3 atom stereocenters. The summed E-state index contributed by atoms with van der Waals surface area (Å²) in [4.78, 5) is 126. The fourth-order valence-corrected chi connectivity index (χ4v) is 22.5. The molecule has 1 saturated carbocycles. The van der Waals surface area contributed by atoms with Gasteiger partial charge in [-0.2, -0.15) is 5.26 Å². The summed E-state index contributed by atoms with van der Waals surface area (Å²) in [5.41, 5.74) is 0.381. The van der Waals surface area contributed by atoms with Crippen molar-refractivity contribution in [3.8, 4) is 6.07 Å². The Morgan fingerprint density at radius 1 is 0.410 bits per heavy atom. The highest BCUT2D eigenvalue weighted by molar-refractivity contribution is 7.85. The Morgan fingerprint density at radius 2 is 0.777 bits per heavy atom. The molecule has 12 heterocycles. The van der Waals surface area contributed by atoms with Crippen molar-refractivity contribution in [2.24, 2.45) is 55.7 Å². The number of likely N-dealkylation sites (N-methyl/N-ethyl adjacent to an activating group) is 3. The first kappa shape index (κ1) is 121. The summed E-state index contributed by atoms with van der Waals surface area (Å²) in [6.45, 7) is 69.0. The zero-order valence-corrected chi connectivity index (χ0v) is 93.7. The number of ether oxygens (including phenoxy) is 3. The normalized spacial score (nSPS) is 23.5. The average Bonchev–Trinajstić information content (AvgIpc) is 1.65. The molecule has 8 amide bonds. The van der Waals surface area contributed by atoms with E-state index in [1.54, 1.807) is 11.9 Å². The molecule has 13 aliphatic rings. The number of nitrogens with one attached hydrogen (secondary N) is 2. The van der Waals surface area contributed by atoms with Crippen LogP contribution in [0.4, 0.5) is 0 Å². The number of piperidine rings is 6. The molecule has 12 saturated heterocycles. The minimum atomic E-state index is -0.597. The molecule has 13 fully saturated rings. The third-order valence-corrected chi connectivity index (χ3v) is 31.4. The second-order valence-electron chi connectivity index (χ2n) is 51.3. The molecule has 2 N–H and O–H groups in total. The number of amides is 8. The molecule has 0 aromatic heterocycles. The van der Waals surface area contributed by atoms with Gasteiger partial charge in [-0.05, 0) is 225 Å². The lowest BCUT2D eigenvalue weighted by Gasteiger charge is -2.43. The van der Waals surface area contributed by atoms with Crippen LogP contribution in [0.2, 0.25) is 0 Å². The molecule has 0 bridgehead atoms. The molecule has 139 heavy (non-hydrogen) atoms. The molecular weight excluding hydrogens is 1770 g/mol. The highest BCUT2D eigenvalue weighted by Crippen LogP contribution is 2.46. The Morgan fingerprint density at radius 3 is 1.12 bits per heavy atom. The molecular formula is C110H204N16O12S. The minimum Gasteiger partial charge on any atom is -0.380 e. The summed E-state index contributed by atoms with van der Waals surface area (Å²) in [7, 11) is 9.15. The van der Waals surface area contributed by atoms with Gasteiger partial charge in [0.1, 0.15) is 0 Å². The van der Waals surface area contributed by atoms with Crippen LogP contribution in [0.3, 0.4) is 0 Å². The number of nitrogens with zero attached hydrogens (tertiary/aromatic N) is 14. The Balaban J connectivity index is 0.000000222. The molecule has 0 radical (unpaired) electrons. The summed E-state index contributed by atoms with van der Waals surface area (Å²) in [6, 6.07) is 6.19. The van der Waals surface area contributed by atoms with E-state index in [2.05, 4.69) is 204 Å². The third-order valence-electron chi connectivity index (χ3n) is 30.1. The van der Waals surface area contributed by atoms with Gasteiger partial charge in [0.25, 0.3) is 0 Å². The second-order valence-corrected chi connectivity index (χ2v) is 53.0. The van der Waals surface area contributed by atoms with Crippen LogP contribution >= 0.6 is 0 Å². The Hall–Kier alpha value is -5.00. The zero-order valence-electron chi connectivity index (χ0n) is 92.9. The number of hydrogen-bond donors (Lipinski definition) is 2. The Bertz CT molecular complexity index is 3690. The van der Waals surface area contributed by atoms with Crippen molar-refractivity contribution in [2.75, 3.05) is 230 Å². The second kappa shape index (κ2) is 57.9. The van der Waals surface area contributed by atoms with Gasteiger partial charge in [-0.25, -0.2) is 0 Å². The van der Waals surface area contributed by atoms with E-state index < -0.39 is 10.8 Å². The van der Waals surface area contributed by atoms with E-state index in [4.69, 9.17) is 14.2 Å². The third kappa shape index (κ3) is 45.9. The van der Waals surface area contributed by atoms with Crippen LogP contribution in [0, 0.1) is 67.0 Å². The molecule has 0 unspecified atom stereocenters. The lowest BCUT2D eigenvalue weighted by Crippen LogP contribution is -2.54. The lowest BCUT2D eigenvalue weighted by molar-refractivity contribution is -0.136. The number of likely N-dealkylation sites (tertiary alicyclic amines) is 8. The van der Waals surface area contributed by atoms with Crippen LogP contribution < -0.4 is 10.6 Å². The van der Waals surface area contributed by atoms with Crippen molar-refractivity contribution in [1.29, 1.82) is 5.26 Å². The van der Waals surface area contributed by atoms with Crippen molar-refractivity contribution >= 4 is 58.1 Å². The number of carbonyl (C=O) groups excluding carboxylic acids is 8. The summed E-state index contributed by atoms with van der Waals surface area (Å²) in [6.07, 6.45) is 28.0. The average molecular weight is 1980 g/mol. The molecule has 28 nitrogen and oxygen atoms in total. The minimum absolute atomic E-state index is 0.0561. The van der Waals surface area contributed by atoms with Gasteiger partial charge in [0.2, 0.25) is 47.3 Å². The summed E-state index contributed by atoms with van der Waals surface area (Å²) < 4.78 is 27.6. The predicted molar refractivity (Wildman–Crippen MR) is 563 cm³/mol. The van der Waals surface area contributed by atoms with E-state index in [0.29, 0.717) is 122 Å². The van der Waals surface area contributed by atoms with E-state index >= 15 is 0 Å². The number of carbonyl (C=O) groups is 8. The van der Waals surface area contributed by atoms with Crippen molar-refractivity contribution in [3.63, 3.8) is 0 Å². The molecule has 1 aliphatic carbocycles. The first-order valence-corrected chi connectivity index (χ1v) is 56.4. The van der Waals surface area contributed by atoms with E-state index in [1.807, 2.05) is 38.6 Å². The van der Waals surface area contributed by atoms with Crippen molar-refractivity contribution < 1.29 is 56.8 Å². The lowest BCUT2D eigenvalue weighted by atomic mass is 9.90. The first-order valence-electron chi connectivity index (χ1n) is 54.9. The molecule has 13 rings (SSSR count). The van der Waals surface area contributed by atoms with Crippen LogP contribution in [0.25, 0.3) is 0 Å². The van der Waals surface area contributed by atoms with Gasteiger partial charge in [-0.3, -0.25) is 67.1 Å². The summed E-state index contributed by atoms with van der Waals surface area (Å²) >= 11 is 0. The molecule has 29 heteroatoms. The Labute approximate surface area is 848 Å². The molecule has 12 aliphatic heterocycles. The van der Waals surface area contributed by atoms with E-state index in [9.17, 15) is 47.8 Å². The van der Waals surface area contributed by atoms with E-state index in [0.717, 1.165) is 323 Å². The fourth-order valence-electron chi connectivity index (χ4n) is 21.4. The quantitative estimate of drug-likeness (QED) is 0.0962. The monoisotopic (exact) mass is 1970 g/mol. The maximum Gasteiger partial charge on any atom is 0.239 e. The highest BCUT2D eigenvalue weighted by atomic mass is 32.2. The topological polar surface area (TPSA) is 271 Å². The van der Waals surface area contributed by atoms with Gasteiger partial charge in [0.15, 0.2) is 0 Å². The van der Waals surface area contributed by atoms with Crippen LogP contribution in [-0.4, -0.2) is 394 Å². The van der Waals surface area contributed by atoms with Gasteiger partial charge in [-0.1, -0.05) is 138 Å². The van der Waals surface area contributed by atoms with Crippen LogP contribution in [0.15, 0.2) is 0 Å². The van der Waals surface area contributed by atoms with Crippen molar-refractivity contribution in [2.45, 2.75) is 367 Å². The highest BCUT2D eigenvalue weighted by Gasteiger charge is 2.46. The van der Waals surface area contributed by atoms with Gasteiger partial charge >= 0.3 is 0 Å². The number of hydrogen-bond acceptors (Lipinski definition) is 20. The maximum absolute atomic E-state index is 12.3. The van der Waals surface area contributed by atoms with E-state index in [-0.39, 0.29) is 61.8 Å². The molecule has 0 spiro atoms.